The number of hydrogen-bond donors (Lipinski definition) is 0. The SMILES string of the molecule is Cc1cc(C(=O)COC(=O)C2COc3ccccc3O2)c(C)n1-c1cccc(C(F)(F)F)c1. The fraction of sp³-hybridized carbons (Fsp3) is 0.250. The molecule has 0 radical (unpaired) electrons. The fourth-order valence-corrected chi connectivity index (χ4v) is 3.71. The summed E-state index contributed by atoms with van der Waals surface area (Å²) >= 11 is 0. The van der Waals surface area contributed by atoms with E-state index in [9.17, 15) is 22.8 Å². The molecule has 0 bridgehead atoms. The number of carbonyl (C=O) groups excluding carboxylic acids is 2. The number of halogens is 3. The third kappa shape index (κ3) is 4.57. The first-order valence-corrected chi connectivity index (χ1v) is 10.1. The van der Waals surface area contributed by atoms with Gasteiger partial charge in [0.25, 0.3) is 0 Å². The number of hydrogen-bond acceptors (Lipinski definition) is 5. The van der Waals surface area contributed by atoms with E-state index in [2.05, 4.69) is 0 Å². The van der Waals surface area contributed by atoms with Gasteiger partial charge in [0.05, 0.1) is 5.56 Å². The van der Waals surface area contributed by atoms with Gasteiger partial charge >= 0.3 is 12.1 Å². The molecule has 172 valence electrons. The summed E-state index contributed by atoms with van der Waals surface area (Å²) in [6, 6.07) is 13.3. The van der Waals surface area contributed by atoms with Crippen LogP contribution in [0.15, 0.2) is 54.6 Å². The Balaban J connectivity index is 1.46. The number of aromatic nitrogens is 1. The lowest BCUT2D eigenvalue weighted by Crippen LogP contribution is -2.38. The molecule has 1 aromatic heterocycles. The van der Waals surface area contributed by atoms with Crippen LogP contribution in [0.1, 0.15) is 27.3 Å². The number of para-hydroxylation sites is 2. The van der Waals surface area contributed by atoms with Gasteiger partial charge in [0.1, 0.15) is 6.61 Å². The highest BCUT2D eigenvalue weighted by atomic mass is 19.4. The summed E-state index contributed by atoms with van der Waals surface area (Å²) in [6.45, 7) is 2.72. The van der Waals surface area contributed by atoms with Crippen LogP contribution in [0.2, 0.25) is 0 Å². The number of ketones is 1. The Labute approximate surface area is 187 Å². The van der Waals surface area contributed by atoms with Crippen LogP contribution in [-0.2, 0) is 15.7 Å². The van der Waals surface area contributed by atoms with E-state index in [1.807, 2.05) is 0 Å². The Morgan fingerprint density at radius 1 is 1.06 bits per heavy atom. The second-order valence-corrected chi connectivity index (χ2v) is 7.56. The van der Waals surface area contributed by atoms with Crippen LogP contribution in [0.3, 0.4) is 0 Å². The minimum Gasteiger partial charge on any atom is -0.485 e. The van der Waals surface area contributed by atoms with E-state index in [0.29, 0.717) is 22.9 Å². The van der Waals surface area contributed by atoms with Crippen molar-refractivity contribution in [3.05, 3.63) is 77.1 Å². The van der Waals surface area contributed by atoms with Gasteiger partial charge in [-0.3, -0.25) is 4.79 Å². The normalized spacial score (nSPS) is 15.2. The number of rotatable bonds is 5. The first-order chi connectivity index (χ1) is 15.6. The molecule has 6 nitrogen and oxygen atoms in total. The van der Waals surface area contributed by atoms with E-state index in [1.165, 1.54) is 12.1 Å². The van der Waals surface area contributed by atoms with Crippen LogP contribution in [0.5, 0.6) is 11.5 Å². The van der Waals surface area contributed by atoms with E-state index < -0.39 is 36.2 Å². The summed E-state index contributed by atoms with van der Waals surface area (Å²) in [7, 11) is 0. The summed E-state index contributed by atoms with van der Waals surface area (Å²) in [5.41, 5.74) is 0.762. The fourth-order valence-electron chi connectivity index (χ4n) is 3.71. The van der Waals surface area contributed by atoms with Gasteiger partial charge in [0, 0.05) is 22.6 Å². The molecular formula is C24H20F3NO5. The van der Waals surface area contributed by atoms with Crippen molar-refractivity contribution >= 4 is 11.8 Å². The van der Waals surface area contributed by atoms with Gasteiger partial charge in [-0.25, -0.2) is 4.79 Å². The van der Waals surface area contributed by atoms with Gasteiger partial charge in [0.15, 0.2) is 18.1 Å². The lowest BCUT2D eigenvalue weighted by atomic mass is 10.1. The zero-order valence-corrected chi connectivity index (χ0v) is 17.8. The molecule has 1 atom stereocenters. The molecule has 0 aliphatic carbocycles. The number of carbonyl (C=O) groups is 2. The van der Waals surface area contributed by atoms with E-state index in [4.69, 9.17) is 14.2 Å². The Morgan fingerprint density at radius 2 is 1.79 bits per heavy atom. The van der Waals surface area contributed by atoms with E-state index in [1.54, 1.807) is 48.7 Å². The minimum absolute atomic E-state index is 0.0475. The summed E-state index contributed by atoms with van der Waals surface area (Å²) in [5, 5.41) is 0. The third-order valence-corrected chi connectivity index (χ3v) is 5.28. The van der Waals surface area contributed by atoms with Crippen LogP contribution in [-0.4, -0.2) is 35.6 Å². The molecule has 4 rings (SSSR count). The monoisotopic (exact) mass is 459 g/mol. The molecule has 2 heterocycles. The highest BCUT2D eigenvalue weighted by Gasteiger charge is 2.31. The van der Waals surface area contributed by atoms with Crippen molar-refractivity contribution in [3.8, 4) is 17.2 Å². The number of nitrogens with zero attached hydrogens (tertiary/aromatic N) is 1. The van der Waals surface area contributed by atoms with E-state index in [0.717, 1.165) is 12.1 Å². The number of alkyl halides is 3. The predicted molar refractivity (Wildman–Crippen MR) is 112 cm³/mol. The molecular weight excluding hydrogens is 439 g/mol. The van der Waals surface area contributed by atoms with Crippen LogP contribution < -0.4 is 9.47 Å². The minimum atomic E-state index is -4.48. The molecule has 33 heavy (non-hydrogen) atoms. The molecule has 1 aliphatic rings. The Morgan fingerprint density at radius 3 is 2.52 bits per heavy atom. The van der Waals surface area contributed by atoms with Crippen molar-refractivity contribution in [1.29, 1.82) is 0 Å². The number of ether oxygens (including phenoxy) is 3. The molecule has 1 aliphatic heterocycles. The standard InChI is InChI=1S/C24H20F3NO5/c1-14-10-18(15(2)28(14)17-7-5-6-16(11-17)24(25,26)27)19(29)12-32-23(30)22-13-31-20-8-3-4-9-21(20)33-22/h3-11,22H,12-13H2,1-2H3. The molecule has 0 fully saturated rings. The maximum absolute atomic E-state index is 13.1. The highest BCUT2D eigenvalue weighted by molar-refractivity contribution is 5.99. The van der Waals surface area contributed by atoms with E-state index >= 15 is 0 Å². The summed E-state index contributed by atoms with van der Waals surface area (Å²) in [6.07, 6.45) is -5.49. The van der Waals surface area contributed by atoms with Crippen LogP contribution in [0.25, 0.3) is 5.69 Å². The summed E-state index contributed by atoms with van der Waals surface area (Å²) < 4.78 is 57.0. The quantitative estimate of drug-likeness (QED) is 0.410. The molecule has 0 saturated heterocycles. The molecule has 0 amide bonds. The second-order valence-electron chi connectivity index (χ2n) is 7.56. The molecule has 0 spiro atoms. The van der Waals surface area contributed by atoms with Gasteiger partial charge in [-0.2, -0.15) is 13.2 Å². The largest absolute Gasteiger partial charge is 0.485 e. The summed E-state index contributed by atoms with van der Waals surface area (Å²) in [5.74, 6) is -0.308. The van der Waals surface area contributed by atoms with Gasteiger partial charge in [-0.05, 0) is 50.2 Å². The molecule has 3 aromatic rings. The Kier molecular flexibility index (Phi) is 5.88. The van der Waals surface area contributed by atoms with Crippen LogP contribution >= 0.6 is 0 Å². The zero-order valence-electron chi connectivity index (χ0n) is 17.8. The van der Waals surface area contributed by atoms with Gasteiger partial charge in [-0.1, -0.05) is 18.2 Å². The van der Waals surface area contributed by atoms with Crippen LogP contribution in [0.4, 0.5) is 13.2 Å². The van der Waals surface area contributed by atoms with Crippen molar-refractivity contribution in [2.45, 2.75) is 26.1 Å². The predicted octanol–water partition coefficient (Wildman–Crippen LogP) is 4.68. The lowest BCUT2D eigenvalue weighted by molar-refractivity contribution is -0.153. The second kappa shape index (κ2) is 8.65. The van der Waals surface area contributed by atoms with Crippen molar-refractivity contribution in [2.24, 2.45) is 0 Å². The van der Waals surface area contributed by atoms with E-state index in [-0.39, 0.29) is 17.9 Å². The number of Topliss-reactive ketones (excluding diaryl/α,β-unsaturated/α-hetero) is 1. The van der Waals surface area contributed by atoms with Gasteiger partial charge in [-0.15, -0.1) is 0 Å². The van der Waals surface area contributed by atoms with Crippen LogP contribution in [0, 0.1) is 13.8 Å². The average molecular weight is 459 g/mol. The topological polar surface area (TPSA) is 66.8 Å². The molecule has 9 heteroatoms. The Hall–Kier alpha value is -3.75. The number of esters is 1. The third-order valence-electron chi connectivity index (χ3n) is 5.28. The number of fused-ring (bicyclic) bond motifs is 1. The van der Waals surface area contributed by atoms with Crippen molar-refractivity contribution in [3.63, 3.8) is 0 Å². The zero-order chi connectivity index (χ0) is 23.8. The van der Waals surface area contributed by atoms with Crippen molar-refractivity contribution in [1.82, 2.24) is 4.57 Å². The lowest BCUT2D eigenvalue weighted by Gasteiger charge is -2.24. The maximum Gasteiger partial charge on any atom is 0.416 e. The average Bonchev–Trinajstić information content (AvgIpc) is 3.10. The summed E-state index contributed by atoms with van der Waals surface area (Å²) in [4.78, 5) is 25.1. The Bertz CT molecular complexity index is 1220. The molecule has 2 aromatic carbocycles. The molecule has 0 N–H and O–H groups in total. The highest BCUT2D eigenvalue weighted by Crippen LogP contribution is 2.32. The molecule has 1 unspecified atom stereocenters. The number of aryl methyl sites for hydroxylation is 1. The first-order valence-electron chi connectivity index (χ1n) is 10.1. The van der Waals surface area contributed by atoms with Gasteiger partial charge in [0.2, 0.25) is 11.9 Å². The smallest absolute Gasteiger partial charge is 0.416 e. The van der Waals surface area contributed by atoms with Gasteiger partial charge < -0.3 is 18.8 Å². The maximum atomic E-state index is 13.1. The van der Waals surface area contributed by atoms with Crippen molar-refractivity contribution in [2.75, 3.05) is 13.2 Å². The van der Waals surface area contributed by atoms with Crippen molar-refractivity contribution < 1.29 is 37.0 Å². The first kappa shape index (κ1) is 22.4. The molecule has 0 saturated carbocycles. The number of benzene rings is 2.